The number of ether oxygens (including phenoxy) is 1. The van der Waals surface area contributed by atoms with Crippen LogP contribution in [0.2, 0.25) is 0 Å². The third-order valence-corrected chi connectivity index (χ3v) is 5.66. The Morgan fingerprint density at radius 3 is 2.66 bits per heavy atom. The highest BCUT2D eigenvalue weighted by atomic mass is 16.5. The molecule has 1 aliphatic rings. The summed E-state index contributed by atoms with van der Waals surface area (Å²) in [7, 11) is 1.68. The molecule has 0 saturated carbocycles. The van der Waals surface area contributed by atoms with Gasteiger partial charge >= 0.3 is 0 Å². The van der Waals surface area contributed by atoms with Crippen LogP contribution in [-0.2, 0) is 11.3 Å². The molecule has 9 nitrogen and oxygen atoms in total. The van der Waals surface area contributed by atoms with Crippen molar-refractivity contribution in [1.29, 1.82) is 0 Å². The molecular weight excluding hydrogens is 406 g/mol. The lowest BCUT2D eigenvalue weighted by molar-refractivity contribution is 0.210. The topological polar surface area (TPSA) is 84.0 Å². The molecule has 0 unspecified atom stereocenters. The first-order valence-corrected chi connectivity index (χ1v) is 10.9. The maximum absolute atomic E-state index is 5.52. The van der Waals surface area contributed by atoms with Gasteiger partial charge in [-0.2, -0.15) is 4.52 Å². The van der Waals surface area contributed by atoms with Gasteiger partial charge in [-0.25, -0.2) is 9.97 Å². The molecule has 1 aliphatic heterocycles. The highest BCUT2D eigenvalue weighted by Crippen LogP contribution is 2.22. The number of furan rings is 1. The van der Waals surface area contributed by atoms with Gasteiger partial charge in [0.15, 0.2) is 11.4 Å². The largest absolute Gasteiger partial charge is 0.461 e. The molecule has 1 N–H and O–H groups in total. The van der Waals surface area contributed by atoms with Gasteiger partial charge in [-0.1, -0.05) is 18.2 Å². The summed E-state index contributed by atoms with van der Waals surface area (Å²) in [6.45, 7) is 5.94. The van der Waals surface area contributed by atoms with Crippen LogP contribution in [0.1, 0.15) is 5.56 Å². The number of nitrogens with one attached hydrogen (secondary N) is 1. The molecule has 4 heterocycles. The van der Waals surface area contributed by atoms with E-state index in [1.54, 1.807) is 17.9 Å². The van der Waals surface area contributed by atoms with Crippen molar-refractivity contribution in [2.24, 2.45) is 0 Å². The lowest BCUT2D eigenvalue weighted by Gasteiger charge is -2.36. The summed E-state index contributed by atoms with van der Waals surface area (Å²) in [5.41, 5.74) is 3.11. The van der Waals surface area contributed by atoms with E-state index in [0.29, 0.717) is 30.7 Å². The zero-order valence-corrected chi connectivity index (χ0v) is 18.1. The van der Waals surface area contributed by atoms with Crippen molar-refractivity contribution in [3.8, 4) is 11.6 Å². The van der Waals surface area contributed by atoms with E-state index < -0.39 is 0 Å². The fourth-order valence-electron chi connectivity index (χ4n) is 3.97. The first kappa shape index (κ1) is 20.5. The fraction of sp³-hybridized carbons (Fsp3) is 0.348. The monoisotopic (exact) mass is 433 g/mol. The van der Waals surface area contributed by atoms with Crippen molar-refractivity contribution in [3.63, 3.8) is 0 Å². The number of para-hydroxylation sites is 1. The van der Waals surface area contributed by atoms with Gasteiger partial charge in [-0.3, -0.25) is 4.90 Å². The van der Waals surface area contributed by atoms with Crippen LogP contribution in [-0.4, -0.2) is 70.9 Å². The Kier molecular flexibility index (Phi) is 6.00. The lowest BCUT2D eigenvalue weighted by Crippen LogP contribution is -2.46. The number of nitrogens with zero attached hydrogens (tertiary/aromatic N) is 6. The zero-order valence-electron chi connectivity index (χ0n) is 18.1. The summed E-state index contributed by atoms with van der Waals surface area (Å²) < 4.78 is 12.4. The Hall–Kier alpha value is -3.43. The number of hydrogen-bond acceptors (Lipinski definition) is 8. The van der Waals surface area contributed by atoms with Crippen LogP contribution >= 0.6 is 0 Å². The quantitative estimate of drug-likeness (QED) is 0.425. The average molecular weight is 434 g/mol. The Bertz CT molecular complexity index is 1140. The lowest BCUT2D eigenvalue weighted by atomic mass is 10.2. The summed E-state index contributed by atoms with van der Waals surface area (Å²) in [6, 6.07) is 14.3. The Morgan fingerprint density at radius 1 is 1.06 bits per heavy atom. The number of hydrogen-bond donors (Lipinski definition) is 1. The Labute approximate surface area is 186 Å². The molecule has 166 valence electrons. The number of aromatic nitrogens is 4. The fourth-order valence-corrected chi connectivity index (χ4v) is 3.97. The van der Waals surface area contributed by atoms with Crippen molar-refractivity contribution < 1.29 is 9.15 Å². The standard InChI is InChI=1S/C23H27N7O2/c1-31-15-9-24-23-25-16-18(22-26-21(27-30(22)23)20-8-5-14-32-20)17-28-10-12-29(13-11-28)19-6-3-2-4-7-19/h2-8,14,16H,9-13,15,17H2,1H3,(H,24,25). The van der Waals surface area contributed by atoms with Gasteiger partial charge in [0.25, 0.3) is 0 Å². The second kappa shape index (κ2) is 9.37. The maximum Gasteiger partial charge on any atom is 0.225 e. The van der Waals surface area contributed by atoms with Gasteiger partial charge in [0.2, 0.25) is 11.8 Å². The minimum Gasteiger partial charge on any atom is -0.461 e. The van der Waals surface area contributed by atoms with Crippen LogP contribution in [0.4, 0.5) is 11.6 Å². The predicted molar refractivity (Wildman–Crippen MR) is 123 cm³/mol. The van der Waals surface area contributed by atoms with Crippen molar-refractivity contribution in [2.45, 2.75) is 6.54 Å². The summed E-state index contributed by atoms with van der Waals surface area (Å²) >= 11 is 0. The van der Waals surface area contributed by atoms with Gasteiger partial charge in [0.1, 0.15) is 0 Å². The van der Waals surface area contributed by atoms with E-state index in [-0.39, 0.29) is 0 Å². The first-order chi connectivity index (χ1) is 15.8. The highest BCUT2D eigenvalue weighted by molar-refractivity contribution is 5.58. The number of rotatable bonds is 8. The van der Waals surface area contributed by atoms with Gasteiger partial charge in [-0.05, 0) is 24.3 Å². The van der Waals surface area contributed by atoms with Gasteiger partial charge < -0.3 is 19.4 Å². The maximum atomic E-state index is 5.52. The smallest absolute Gasteiger partial charge is 0.225 e. The molecule has 1 saturated heterocycles. The van der Waals surface area contributed by atoms with Crippen LogP contribution in [0.15, 0.2) is 59.3 Å². The second-order valence-electron chi connectivity index (χ2n) is 7.77. The molecular formula is C23H27N7O2. The number of benzene rings is 1. The molecule has 0 bridgehead atoms. The van der Waals surface area contributed by atoms with Crippen LogP contribution in [0, 0.1) is 0 Å². The van der Waals surface area contributed by atoms with E-state index in [9.17, 15) is 0 Å². The summed E-state index contributed by atoms with van der Waals surface area (Å²) in [5.74, 6) is 1.83. The third kappa shape index (κ3) is 4.30. The molecule has 1 aromatic carbocycles. The van der Waals surface area contributed by atoms with E-state index in [0.717, 1.165) is 43.9 Å². The Morgan fingerprint density at radius 2 is 1.91 bits per heavy atom. The van der Waals surface area contributed by atoms with Crippen molar-refractivity contribution in [2.75, 3.05) is 56.7 Å². The first-order valence-electron chi connectivity index (χ1n) is 10.9. The van der Waals surface area contributed by atoms with Crippen LogP contribution in [0.3, 0.4) is 0 Å². The molecule has 0 atom stereocenters. The van der Waals surface area contributed by atoms with Gasteiger partial charge in [-0.15, -0.1) is 5.10 Å². The van der Waals surface area contributed by atoms with Crippen molar-refractivity contribution in [1.82, 2.24) is 24.5 Å². The highest BCUT2D eigenvalue weighted by Gasteiger charge is 2.21. The number of anilines is 2. The molecule has 9 heteroatoms. The number of methoxy groups -OCH3 is 1. The molecule has 0 aliphatic carbocycles. The van der Waals surface area contributed by atoms with Gasteiger partial charge in [0.05, 0.1) is 12.9 Å². The molecule has 0 radical (unpaired) electrons. The average Bonchev–Trinajstić information content (AvgIpc) is 3.52. The zero-order chi connectivity index (χ0) is 21.8. The SMILES string of the molecule is COCCNc1ncc(CN2CCN(c3ccccc3)CC2)c2nc(-c3ccco3)nn12. The molecule has 3 aromatic heterocycles. The Balaban J connectivity index is 1.36. The predicted octanol–water partition coefficient (Wildman–Crippen LogP) is 2.76. The van der Waals surface area contributed by atoms with Crippen molar-refractivity contribution in [3.05, 3.63) is 60.5 Å². The summed E-state index contributed by atoms with van der Waals surface area (Å²) in [5, 5.41) is 7.93. The normalized spacial score (nSPS) is 14.8. The second-order valence-corrected chi connectivity index (χ2v) is 7.77. The van der Waals surface area contributed by atoms with E-state index in [1.165, 1.54) is 5.69 Å². The van der Waals surface area contributed by atoms with E-state index in [4.69, 9.17) is 14.1 Å². The van der Waals surface area contributed by atoms with E-state index in [1.807, 2.05) is 18.3 Å². The summed E-state index contributed by atoms with van der Waals surface area (Å²) in [6.07, 6.45) is 3.53. The van der Waals surface area contributed by atoms with E-state index >= 15 is 0 Å². The molecule has 1 fully saturated rings. The molecule has 0 spiro atoms. The molecule has 32 heavy (non-hydrogen) atoms. The molecule has 4 aromatic rings. The van der Waals surface area contributed by atoms with Crippen LogP contribution < -0.4 is 10.2 Å². The molecule has 5 rings (SSSR count). The van der Waals surface area contributed by atoms with Gasteiger partial charge in [0, 0.05) is 63.8 Å². The minimum absolute atomic E-state index is 0.549. The van der Waals surface area contributed by atoms with Crippen molar-refractivity contribution >= 4 is 17.3 Å². The number of piperazine rings is 1. The van der Waals surface area contributed by atoms with Crippen LogP contribution in [0.25, 0.3) is 17.2 Å². The van der Waals surface area contributed by atoms with E-state index in [2.05, 4.69) is 55.5 Å². The summed E-state index contributed by atoms with van der Waals surface area (Å²) in [4.78, 5) is 14.3. The number of fused-ring (bicyclic) bond motifs is 1. The minimum atomic E-state index is 0.549. The molecule has 0 amide bonds. The third-order valence-electron chi connectivity index (χ3n) is 5.66. The van der Waals surface area contributed by atoms with Crippen LogP contribution in [0.5, 0.6) is 0 Å².